The predicted molar refractivity (Wildman–Crippen MR) is 74.9 cm³/mol. The van der Waals surface area contributed by atoms with Gasteiger partial charge in [0, 0.05) is 20.6 Å². The van der Waals surface area contributed by atoms with Crippen LogP contribution in [0.4, 0.5) is 10.7 Å². The van der Waals surface area contributed by atoms with Gasteiger partial charge in [0.15, 0.2) is 0 Å². The predicted octanol–water partition coefficient (Wildman–Crippen LogP) is 1.18. The monoisotopic (exact) mass is 289 g/mol. The zero-order valence-electron chi connectivity index (χ0n) is 11.6. The molecule has 0 radical (unpaired) electrons. The Hall–Kier alpha value is -2.90. The minimum absolute atomic E-state index is 0.213. The van der Waals surface area contributed by atoms with E-state index in [1.807, 2.05) is 0 Å². The molecule has 2 N–H and O–H groups in total. The number of benzene rings is 1. The third kappa shape index (κ3) is 3.56. The number of amides is 2. The van der Waals surface area contributed by atoms with Crippen LogP contribution in [0.25, 0.3) is 0 Å². The second-order valence-corrected chi connectivity index (χ2v) is 4.50. The molecule has 110 valence electrons. The number of aryl methyl sites for hydroxylation is 1. The average molecular weight is 289 g/mol. The molecule has 1 aromatic carbocycles. The van der Waals surface area contributed by atoms with E-state index < -0.39 is 5.97 Å². The number of aromatic nitrogens is 3. The maximum atomic E-state index is 12.0. The highest BCUT2D eigenvalue weighted by Crippen LogP contribution is 2.08. The molecule has 2 aromatic rings. The van der Waals surface area contributed by atoms with Crippen molar-refractivity contribution < 1.29 is 14.7 Å². The van der Waals surface area contributed by atoms with Crippen LogP contribution in [0.3, 0.4) is 0 Å². The lowest BCUT2D eigenvalue weighted by atomic mass is 10.1. The molecule has 2 amide bonds. The van der Waals surface area contributed by atoms with Crippen molar-refractivity contribution >= 4 is 17.9 Å². The molecule has 0 aliphatic heterocycles. The quantitative estimate of drug-likeness (QED) is 0.880. The number of carbonyl (C=O) groups excluding carboxylic acids is 1. The molecule has 21 heavy (non-hydrogen) atoms. The van der Waals surface area contributed by atoms with Gasteiger partial charge in [0.25, 0.3) is 0 Å². The molecular weight excluding hydrogens is 274 g/mol. The minimum Gasteiger partial charge on any atom is -0.478 e. The van der Waals surface area contributed by atoms with Gasteiger partial charge < -0.3 is 10.0 Å². The topological polar surface area (TPSA) is 100 Å². The van der Waals surface area contributed by atoms with Gasteiger partial charge in [-0.15, -0.1) is 0 Å². The van der Waals surface area contributed by atoms with Gasteiger partial charge in [-0.05, 0) is 17.7 Å². The van der Waals surface area contributed by atoms with Crippen LogP contribution in [0.1, 0.15) is 15.9 Å². The van der Waals surface area contributed by atoms with Gasteiger partial charge in [-0.3, -0.25) is 5.32 Å². The van der Waals surface area contributed by atoms with Gasteiger partial charge in [-0.1, -0.05) is 12.1 Å². The molecule has 1 aromatic heterocycles. The summed E-state index contributed by atoms with van der Waals surface area (Å²) in [7, 11) is 3.31. The second-order valence-electron chi connectivity index (χ2n) is 4.50. The maximum Gasteiger partial charge on any atom is 0.335 e. The zero-order valence-corrected chi connectivity index (χ0v) is 11.6. The molecule has 8 nitrogen and oxygen atoms in total. The van der Waals surface area contributed by atoms with Crippen molar-refractivity contribution in [1.82, 2.24) is 19.7 Å². The first-order valence-electron chi connectivity index (χ1n) is 6.15. The number of nitrogens with one attached hydrogen (secondary N) is 1. The van der Waals surface area contributed by atoms with Crippen molar-refractivity contribution in [2.45, 2.75) is 6.54 Å². The Bertz CT molecular complexity index is 650. The van der Waals surface area contributed by atoms with E-state index in [1.165, 1.54) is 28.0 Å². The molecule has 0 spiro atoms. The number of urea groups is 1. The largest absolute Gasteiger partial charge is 0.478 e. The number of aromatic carboxylic acids is 1. The summed E-state index contributed by atoms with van der Waals surface area (Å²) in [6, 6.07) is 6.04. The number of nitrogens with zero attached hydrogens (tertiary/aromatic N) is 4. The Morgan fingerprint density at radius 2 is 2.00 bits per heavy atom. The number of hydrogen-bond donors (Lipinski definition) is 2. The summed E-state index contributed by atoms with van der Waals surface area (Å²) >= 11 is 0. The van der Waals surface area contributed by atoms with Crippen LogP contribution in [0.5, 0.6) is 0 Å². The SMILES string of the molecule is CN(Cc1ccc(C(=O)O)cc1)C(=O)Nc1ncnn1C. The summed E-state index contributed by atoms with van der Waals surface area (Å²) in [5, 5.41) is 15.3. The van der Waals surface area contributed by atoms with Crippen LogP contribution < -0.4 is 5.32 Å². The fourth-order valence-corrected chi connectivity index (χ4v) is 1.70. The van der Waals surface area contributed by atoms with Gasteiger partial charge in [-0.2, -0.15) is 10.1 Å². The van der Waals surface area contributed by atoms with E-state index in [0.717, 1.165) is 5.56 Å². The third-order valence-corrected chi connectivity index (χ3v) is 2.90. The highest BCUT2D eigenvalue weighted by molar-refractivity contribution is 5.88. The van der Waals surface area contributed by atoms with Crippen molar-refractivity contribution in [3.05, 3.63) is 41.7 Å². The van der Waals surface area contributed by atoms with Crippen molar-refractivity contribution in [3.63, 3.8) is 0 Å². The summed E-state index contributed by atoms with van der Waals surface area (Å²) in [4.78, 5) is 28.1. The number of carbonyl (C=O) groups is 2. The Kier molecular flexibility index (Phi) is 4.17. The van der Waals surface area contributed by atoms with E-state index in [0.29, 0.717) is 12.5 Å². The molecule has 0 unspecified atom stereocenters. The number of anilines is 1. The number of carboxylic acids is 1. The molecule has 0 bridgehead atoms. The molecule has 0 aliphatic rings. The summed E-state index contributed by atoms with van der Waals surface area (Å²) in [5.41, 5.74) is 1.04. The molecule has 0 saturated heterocycles. The highest BCUT2D eigenvalue weighted by Gasteiger charge is 2.12. The van der Waals surface area contributed by atoms with Crippen LogP contribution in [-0.4, -0.2) is 43.8 Å². The van der Waals surface area contributed by atoms with E-state index in [4.69, 9.17) is 5.11 Å². The van der Waals surface area contributed by atoms with E-state index in [9.17, 15) is 9.59 Å². The van der Waals surface area contributed by atoms with Gasteiger partial charge in [0.2, 0.25) is 5.95 Å². The van der Waals surface area contributed by atoms with Gasteiger partial charge in [0.1, 0.15) is 6.33 Å². The van der Waals surface area contributed by atoms with Crippen molar-refractivity contribution in [3.8, 4) is 0 Å². The molecular formula is C13H15N5O3. The van der Waals surface area contributed by atoms with Crippen LogP contribution in [-0.2, 0) is 13.6 Å². The first-order valence-corrected chi connectivity index (χ1v) is 6.15. The average Bonchev–Trinajstić information content (AvgIpc) is 2.84. The number of rotatable bonds is 4. The molecule has 0 fully saturated rings. The van der Waals surface area contributed by atoms with Crippen LogP contribution in [0, 0.1) is 0 Å². The molecule has 1 heterocycles. The lowest BCUT2D eigenvalue weighted by molar-refractivity contribution is 0.0697. The number of carboxylic acid groups (broad SMARTS) is 1. The summed E-state index contributed by atoms with van der Waals surface area (Å²) in [6.45, 7) is 0.351. The molecule has 8 heteroatoms. The summed E-state index contributed by atoms with van der Waals surface area (Å²) in [6.07, 6.45) is 1.35. The van der Waals surface area contributed by atoms with Gasteiger partial charge >= 0.3 is 12.0 Å². The third-order valence-electron chi connectivity index (χ3n) is 2.90. The van der Waals surface area contributed by atoms with Gasteiger partial charge in [0.05, 0.1) is 5.56 Å². The summed E-state index contributed by atoms with van der Waals surface area (Å²) < 4.78 is 1.45. The van der Waals surface area contributed by atoms with Crippen LogP contribution in [0.2, 0.25) is 0 Å². The van der Waals surface area contributed by atoms with Crippen molar-refractivity contribution in [1.29, 1.82) is 0 Å². The normalized spacial score (nSPS) is 10.2. The van der Waals surface area contributed by atoms with Crippen molar-refractivity contribution in [2.24, 2.45) is 7.05 Å². The smallest absolute Gasteiger partial charge is 0.335 e. The first kappa shape index (κ1) is 14.5. The number of hydrogen-bond acceptors (Lipinski definition) is 4. The maximum absolute atomic E-state index is 12.0. The van der Waals surface area contributed by atoms with Gasteiger partial charge in [-0.25, -0.2) is 14.3 Å². The Balaban J connectivity index is 1.97. The fourth-order valence-electron chi connectivity index (χ4n) is 1.70. The zero-order chi connectivity index (χ0) is 15.4. The molecule has 0 aliphatic carbocycles. The first-order chi connectivity index (χ1) is 9.97. The molecule has 0 saturated carbocycles. The van der Waals surface area contributed by atoms with E-state index in [1.54, 1.807) is 26.2 Å². The van der Waals surface area contributed by atoms with E-state index in [-0.39, 0.29) is 11.6 Å². The van der Waals surface area contributed by atoms with E-state index >= 15 is 0 Å². The van der Waals surface area contributed by atoms with Crippen molar-refractivity contribution in [2.75, 3.05) is 12.4 Å². The lowest BCUT2D eigenvalue weighted by Gasteiger charge is -2.17. The Morgan fingerprint density at radius 1 is 1.33 bits per heavy atom. The second kappa shape index (κ2) is 6.04. The summed E-state index contributed by atoms with van der Waals surface area (Å²) in [5.74, 6) is -0.622. The highest BCUT2D eigenvalue weighted by atomic mass is 16.4. The van der Waals surface area contributed by atoms with E-state index in [2.05, 4.69) is 15.4 Å². The van der Waals surface area contributed by atoms with Crippen LogP contribution in [0.15, 0.2) is 30.6 Å². The lowest BCUT2D eigenvalue weighted by Crippen LogP contribution is -2.31. The molecule has 2 rings (SSSR count). The minimum atomic E-state index is -0.977. The molecule has 0 atom stereocenters. The Morgan fingerprint density at radius 3 is 2.52 bits per heavy atom. The fraction of sp³-hybridized carbons (Fsp3) is 0.231. The standard InChI is InChI=1S/C13H15N5O3/c1-17(13(21)16-12-14-8-15-18(12)2)7-9-3-5-10(6-4-9)11(19)20/h3-6,8H,7H2,1-2H3,(H,19,20)(H,14,15,16,21). The Labute approximate surface area is 121 Å². The van der Waals surface area contributed by atoms with Crippen LogP contribution >= 0.6 is 0 Å².